The van der Waals surface area contributed by atoms with Crippen LogP contribution in [0.3, 0.4) is 0 Å². The van der Waals surface area contributed by atoms with Crippen molar-refractivity contribution < 1.29 is 0 Å². The van der Waals surface area contributed by atoms with Gasteiger partial charge in [0, 0.05) is 42.1 Å². The van der Waals surface area contributed by atoms with Gasteiger partial charge in [-0.1, -0.05) is 231 Å². The average molecular weight is 936 g/mol. The minimum atomic E-state index is -2.77. The Morgan fingerprint density at radius 3 is 1.38 bits per heavy atom. The maximum atomic E-state index is 2.56. The Morgan fingerprint density at radius 2 is 0.775 bits per heavy atom. The predicted octanol–water partition coefficient (Wildman–Crippen LogP) is 15.8. The van der Waals surface area contributed by atoms with Crippen LogP contribution in [0.15, 0.2) is 273 Å². The lowest BCUT2D eigenvalue weighted by atomic mass is 9.88. The highest BCUT2D eigenvalue weighted by atomic mass is 32.1. The van der Waals surface area contributed by atoms with Crippen LogP contribution in [-0.4, -0.2) is 12.6 Å². The molecular weight excluding hydrogens is 891 g/mol. The fraction of sp³-hybridized carbons (Fsp3) is 0. The molecule has 0 atom stereocenters. The van der Waals surface area contributed by atoms with Crippen molar-refractivity contribution in [2.24, 2.45) is 0 Å². The number of hydrogen-bond donors (Lipinski definition) is 0. The van der Waals surface area contributed by atoms with Crippen molar-refractivity contribution >= 4 is 104 Å². The maximum Gasteiger partial charge on any atom is 0.179 e. The van der Waals surface area contributed by atoms with Crippen LogP contribution in [0, 0.1) is 0 Å². The maximum absolute atomic E-state index is 2.77. The van der Waals surface area contributed by atoms with Crippen LogP contribution >= 0.6 is 11.3 Å². The molecular formula is C68H45NSSi. The summed E-state index contributed by atoms with van der Waals surface area (Å²) in [6, 6.07) is 102. The van der Waals surface area contributed by atoms with Crippen LogP contribution in [0.4, 0.5) is 0 Å². The third-order valence-corrected chi connectivity index (χ3v) is 20.8. The Kier molecular flexibility index (Phi) is 9.80. The molecule has 0 bridgehead atoms. The zero-order chi connectivity index (χ0) is 46.9. The molecule has 0 spiro atoms. The molecule has 0 unspecified atom stereocenters. The van der Waals surface area contributed by atoms with Gasteiger partial charge in [-0.2, -0.15) is 0 Å². The molecule has 14 aromatic rings. The Morgan fingerprint density at radius 1 is 0.268 bits per heavy atom. The molecule has 0 saturated heterocycles. The van der Waals surface area contributed by atoms with Crippen LogP contribution < -0.4 is 20.7 Å². The summed E-state index contributed by atoms with van der Waals surface area (Å²) in [4.78, 5) is 0. The molecule has 0 saturated carbocycles. The van der Waals surface area contributed by atoms with Crippen molar-refractivity contribution in [3.05, 3.63) is 273 Å². The van der Waals surface area contributed by atoms with Gasteiger partial charge in [-0.15, -0.1) is 11.3 Å². The lowest BCUT2D eigenvalue weighted by molar-refractivity contribution is 1.19. The molecule has 0 aliphatic rings. The molecule has 0 fully saturated rings. The normalized spacial score (nSPS) is 11.9. The highest BCUT2D eigenvalue weighted by Gasteiger charge is 2.41. The first-order valence-corrected chi connectivity index (χ1v) is 27.3. The second kappa shape index (κ2) is 16.8. The van der Waals surface area contributed by atoms with Crippen molar-refractivity contribution in [2.45, 2.75) is 0 Å². The topological polar surface area (TPSA) is 4.93 Å². The summed E-state index contributed by atoms with van der Waals surface area (Å²) in [5.41, 5.74) is 10.7. The summed E-state index contributed by atoms with van der Waals surface area (Å²) in [6.07, 6.45) is 0. The number of aromatic nitrogens is 1. The minimum Gasteiger partial charge on any atom is -0.308 e. The van der Waals surface area contributed by atoms with E-state index in [0.717, 1.165) is 0 Å². The van der Waals surface area contributed by atoms with Crippen molar-refractivity contribution in [1.82, 2.24) is 4.57 Å². The lowest BCUT2D eigenvalue weighted by Crippen LogP contribution is -2.74. The summed E-state index contributed by atoms with van der Waals surface area (Å²) in [5, 5.41) is 15.6. The summed E-state index contributed by atoms with van der Waals surface area (Å²) >= 11 is 1.88. The minimum absolute atomic E-state index is 1.17. The van der Waals surface area contributed by atoms with Crippen molar-refractivity contribution in [3.8, 4) is 39.1 Å². The van der Waals surface area contributed by atoms with Crippen molar-refractivity contribution in [2.75, 3.05) is 0 Å². The largest absolute Gasteiger partial charge is 0.308 e. The molecule has 0 amide bonds. The number of para-hydroxylation sites is 1. The van der Waals surface area contributed by atoms with Crippen molar-refractivity contribution in [1.29, 1.82) is 0 Å². The SMILES string of the molecule is c1ccc(-c2cc(-c3cc4ccc([Si](c5ccccc5)(c5ccccc5)c5ccccc5)cc4c4ccccc34)cc(-c3ccccc3)c2-n2c3ccccc3c3cc4sc5ccccc5c4cc32)cc1. The second-order valence-corrected chi connectivity index (χ2v) is 23.6. The van der Waals surface area contributed by atoms with E-state index in [9.17, 15) is 0 Å². The fourth-order valence-corrected chi connectivity index (χ4v) is 17.7. The van der Waals surface area contributed by atoms with Crippen molar-refractivity contribution in [3.63, 3.8) is 0 Å². The van der Waals surface area contributed by atoms with Crippen LogP contribution in [0.25, 0.3) is 103 Å². The van der Waals surface area contributed by atoms with E-state index in [0.29, 0.717) is 0 Å². The molecule has 2 heterocycles. The summed E-state index contributed by atoms with van der Waals surface area (Å²) in [7, 11) is -2.77. The molecule has 0 N–H and O–H groups in total. The predicted molar refractivity (Wildman–Crippen MR) is 309 cm³/mol. The molecule has 14 rings (SSSR count). The van der Waals surface area contributed by atoms with Gasteiger partial charge in [-0.25, -0.2) is 0 Å². The van der Waals surface area contributed by atoms with E-state index >= 15 is 0 Å². The number of benzene rings is 12. The first kappa shape index (κ1) is 41.4. The van der Waals surface area contributed by atoms with Gasteiger partial charge in [0.15, 0.2) is 8.07 Å². The van der Waals surface area contributed by atoms with E-state index in [-0.39, 0.29) is 0 Å². The quantitative estimate of drug-likeness (QED) is 0.0813. The standard InChI is InChI=1S/C68H45NSSi/c1-6-22-46(23-7-1)60-41-49(42-61(47-24-8-2-9-25-47)68(60)69-64-36-20-18-34-56(64)62-45-67-63(44-65(62)69)57-35-19-21-37-66(57)70-67)58-40-48-38-39-53(43-59(48)55-33-17-16-32-54(55)58)71(50-26-10-3-11-27-50,51-28-12-4-13-29-51)52-30-14-5-15-31-52/h1-45H. The number of fused-ring (bicyclic) bond motifs is 9. The van der Waals surface area contributed by atoms with E-state index in [1.165, 1.54) is 123 Å². The van der Waals surface area contributed by atoms with Crippen LogP contribution in [-0.2, 0) is 0 Å². The Labute approximate surface area is 417 Å². The van der Waals surface area contributed by atoms with Crippen LogP contribution in [0.2, 0.25) is 0 Å². The van der Waals surface area contributed by atoms with Gasteiger partial charge in [0.1, 0.15) is 0 Å². The first-order valence-electron chi connectivity index (χ1n) is 24.5. The van der Waals surface area contributed by atoms with Gasteiger partial charge < -0.3 is 4.57 Å². The van der Waals surface area contributed by atoms with E-state index in [2.05, 4.69) is 278 Å². The number of rotatable bonds is 8. The van der Waals surface area contributed by atoms with Gasteiger partial charge in [0.05, 0.1) is 16.7 Å². The number of nitrogens with zero attached hydrogens (tertiary/aromatic N) is 1. The molecule has 12 aromatic carbocycles. The molecule has 0 radical (unpaired) electrons. The summed E-state index contributed by atoms with van der Waals surface area (Å²) in [5.74, 6) is 0. The molecule has 332 valence electrons. The van der Waals surface area contributed by atoms with Crippen LogP contribution in [0.1, 0.15) is 0 Å². The monoisotopic (exact) mass is 935 g/mol. The van der Waals surface area contributed by atoms with Gasteiger partial charge in [0.2, 0.25) is 0 Å². The molecule has 71 heavy (non-hydrogen) atoms. The zero-order valence-electron chi connectivity index (χ0n) is 38.8. The van der Waals surface area contributed by atoms with E-state index < -0.39 is 8.07 Å². The van der Waals surface area contributed by atoms with Gasteiger partial charge in [-0.05, 0) is 107 Å². The number of thiophene rings is 1. The first-order chi connectivity index (χ1) is 35.2. The van der Waals surface area contributed by atoms with Gasteiger partial charge in [-0.3, -0.25) is 0 Å². The van der Waals surface area contributed by atoms with E-state index in [4.69, 9.17) is 0 Å². The Bertz CT molecular complexity index is 4150. The number of hydrogen-bond acceptors (Lipinski definition) is 1. The van der Waals surface area contributed by atoms with E-state index in [1.54, 1.807) is 0 Å². The lowest BCUT2D eigenvalue weighted by Gasteiger charge is -2.34. The highest BCUT2D eigenvalue weighted by Crippen LogP contribution is 2.47. The summed E-state index contributed by atoms with van der Waals surface area (Å²) in [6.45, 7) is 0. The molecule has 0 aliphatic heterocycles. The molecule has 1 nitrogen and oxygen atoms in total. The van der Waals surface area contributed by atoms with E-state index in [1.807, 2.05) is 11.3 Å². The third kappa shape index (κ3) is 6.58. The fourth-order valence-electron chi connectivity index (χ4n) is 11.8. The highest BCUT2D eigenvalue weighted by molar-refractivity contribution is 7.26. The third-order valence-electron chi connectivity index (χ3n) is 14.9. The van der Waals surface area contributed by atoms with Crippen LogP contribution in [0.5, 0.6) is 0 Å². The Balaban J connectivity index is 1.06. The van der Waals surface area contributed by atoms with Gasteiger partial charge >= 0.3 is 0 Å². The summed E-state index contributed by atoms with van der Waals surface area (Å²) < 4.78 is 5.19. The molecule has 0 aliphatic carbocycles. The second-order valence-electron chi connectivity index (χ2n) is 18.7. The molecule has 2 aromatic heterocycles. The molecule has 3 heteroatoms. The smallest absolute Gasteiger partial charge is 0.179 e. The zero-order valence-corrected chi connectivity index (χ0v) is 40.7. The average Bonchev–Trinajstić information content (AvgIpc) is 3.98. The Hall–Kier alpha value is -8.60. The van der Waals surface area contributed by atoms with Gasteiger partial charge in [0.25, 0.3) is 0 Å².